The van der Waals surface area contributed by atoms with Crippen molar-refractivity contribution in [1.82, 2.24) is 5.32 Å². The van der Waals surface area contributed by atoms with Crippen molar-refractivity contribution < 1.29 is 0 Å². The van der Waals surface area contributed by atoms with Crippen LogP contribution in [0.2, 0.25) is 0 Å². The Morgan fingerprint density at radius 2 is 2.00 bits per heavy atom. The summed E-state index contributed by atoms with van der Waals surface area (Å²) in [5.74, 6) is 5.72. The standard InChI is InChI=1S/C6H15N5/c1-4(2)10-6(9-3)5(7)11-8/h4H,8H2,1-3H3,(H2,7,11)(H,9,10). The molecule has 11 heavy (non-hydrogen) atoms. The fraction of sp³-hybridized carbons (Fsp3) is 0.667. The van der Waals surface area contributed by atoms with Crippen molar-refractivity contribution in [2.24, 2.45) is 21.7 Å². The van der Waals surface area contributed by atoms with E-state index in [2.05, 4.69) is 15.4 Å². The van der Waals surface area contributed by atoms with Gasteiger partial charge in [0.1, 0.15) is 0 Å². The van der Waals surface area contributed by atoms with E-state index in [-0.39, 0.29) is 11.9 Å². The molecule has 0 fully saturated rings. The molecule has 0 aromatic carbocycles. The van der Waals surface area contributed by atoms with E-state index in [1.165, 1.54) is 0 Å². The Hall–Kier alpha value is -1.26. The average Bonchev–Trinajstić information content (AvgIpc) is 1.98. The van der Waals surface area contributed by atoms with Crippen molar-refractivity contribution >= 4 is 11.7 Å². The average molecular weight is 157 g/mol. The molecule has 0 saturated heterocycles. The summed E-state index contributed by atoms with van der Waals surface area (Å²) < 4.78 is 0. The third-order valence-electron chi connectivity index (χ3n) is 1.01. The minimum Gasteiger partial charge on any atom is -0.379 e. The molecule has 64 valence electrons. The summed E-state index contributed by atoms with van der Waals surface area (Å²) in [5.41, 5.74) is 5.41. The summed E-state index contributed by atoms with van der Waals surface area (Å²) in [6, 6.07) is 0.178. The van der Waals surface area contributed by atoms with Crippen molar-refractivity contribution in [3.63, 3.8) is 0 Å². The van der Waals surface area contributed by atoms with E-state index in [1.807, 2.05) is 13.8 Å². The first kappa shape index (κ1) is 9.74. The van der Waals surface area contributed by atoms with Gasteiger partial charge in [0, 0.05) is 13.1 Å². The second-order valence-electron chi connectivity index (χ2n) is 2.34. The third-order valence-corrected chi connectivity index (χ3v) is 1.01. The van der Waals surface area contributed by atoms with Crippen molar-refractivity contribution in [2.45, 2.75) is 19.9 Å². The SMILES string of the molecule is CNC(=N\C(C)C)/C(N)=N/N. The highest BCUT2D eigenvalue weighted by molar-refractivity contribution is 6.39. The van der Waals surface area contributed by atoms with Crippen LogP contribution in [0.4, 0.5) is 0 Å². The first-order valence-electron chi connectivity index (χ1n) is 3.41. The first-order chi connectivity index (χ1) is 5.11. The second kappa shape index (κ2) is 4.54. The van der Waals surface area contributed by atoms with Gasteiger partial charge in [-0.1, -0.05) is 0 Å². The highest BCUT2D eigenvalue weighted by Crippen LogP contribution is 1.86. The molecule has 0 bridgehead atoms. The van der Waals surface area contributed by atoms with Gasteiger partial charge in [0.15, 0.2) is 11.7 Å². The maximum absolute atomic E-state index is 5.41. The maximum atomic E-state index is 5.41. The molecule has 0 amide bonds. The second-order valence-corrected chi connectivity index (χ2v) is 2.34. The van der Waals surface area contributed by atoms with Gasteiger partial charge in [-0.05, 0) is 13.8 Å². The lowest BCUT2D eigenvalue weighted by atomic mass is 10.4. The van der Waals surface area contributed by atoms with E-state index in [9.17, 15) is 0 Å². The van der Waals surface area contributed by atoms with Crippen LogP contribution in [-0.4, -0.2) is 24.8 Å². The number of likely N-dealkylation sites (N-methyl/N-ethyl adjacent to an activating group) is 1. The van der Waals surface area contributed by atoms with E-state index >= 15 is 0 Å². The lowest BCUT2D eigenvalue weighted by Crippen LogP contribution is -2.35. The van der Waals surface area contributed by atoms with Crippen LogP contribution < -0.4 is 16.9 Å². The number of hydrogen-bond acceptors (Lipinski definition) is 3. The van der Waals surface area contributed by atoms with Gasteiger partial charge in [-0.25, -0.2) is 0 Å². The van der Waals surface area contributed by atoms with E-state index in [1.54, 1.807) is 7.05 Å². The summed E-state index contributed by atoms with van der Waals surface area (Å²) in [4.78, 5) is 4.14. The molecule has 0 unspecified atom stereocenters. The predicted molar refractivity (Wildman–Crippen MR) is 47.4 cm³/mol. The number of aliphatic imine (C=N–C) groups is 1. The molecule has 0 aromatic rings. The van der Waals surface area contributed by atoms with Crippen molar-refractivity contribution in [2.75, 3.05) is 7.05 Å². The highest BCUT2D eigenvalue weighted by atomic mass is 15.2. The number of nitrogens with two attached hydrogens (primary N) is 2. The zero-order chi connectivity index (χ0) is 8.85. The fourth-order valence-electron chi connectivity index (χ4n) is 0.578. The van der Waals surface area contributed by atoms with Crippen molar-refractivity contribution in [3.05, 3.63) is 0 Å². The minimum absolute atomic E-state index is 0.178. The van der Waals surface area contributed by atoms with Crippen LogP contribution >= 0.6 is 0 Å². The van der Waals surface area contributed by atoms with E-state index < -0.39 is 0 Å². The van der Waals surface area contributed by atoms with Crippen LogP contribution in [0.3, 0.4) is 0 Å². The van der Waals surface area contributed by atoms with E-state index in [4.69, 9.17) is 11.6 Å². The molecule has 0 aliphatic carbocycles. The Bertz CT molecular complexity index is 170. The van der Waals surface area contributed by atoms with Gasteiger partial charge < -0.3 is 16.9 Å². The van der Waals surface area contributed by atoms with Crippen molar-refractivity contribution in [3.8, 4) is 0 Å². The number of nitrogens with one attached hydrogen (secondary N) is 1. The van der Waals surface area contributed by atoms with Gasteiger partial charge >= 0.3 is 0 Å². The molecule has 0 saturated carbocycles. The fourth-order valence-corrected chi connectivity index (χ4v) is 0.578. The van der Waals surface area contributed by atoms with Gasteiger partial charge in [0.2, 0.25) is 0 Å². The molecule has 5 nitrogen and oxygen atoms in total. The lowest BCUT2D eigenvalue weighted by molar-refractivity contribution is 0.829. The smallest absolute Gasteiger partial charge is 0.185 e. The quantitative estimate of drug-likeness (QED) is 0.202. The number of amidine groups is 2. The number of hydrogen-bond donors (Lipinski definition) is 3. The molecular formula is C6H15N5. The normalized spacial score (nSPS) is 13.8. The predicted octanol–water partition coefficient (Wildman–Crippen LogP) is -0.756. The van der Waals surface area contributed by atoms with E-state index in [0.29, 0.717) is 5.84 Å². The van der Waals surface area contributed by atoms with Gasteiger partial charge in [0.05, 0.1) is 0 Å². The zero-order valence-corrected chi connectivity index (χ0v) is 7.13. The van der Waals surface area contributed by atoms with Crippen LogP contribution in [-0.2, 0) is 0 Å². The van der Waals surface area contributed by atoms with Gasteiger partial charge in [0.25, 0.3) is 0 Å². The molecule has 0 atom stereocenters. The Morgan fingerprint density at radius 1 is 1.45 bits per heavy atom. The summed E-state index contributed by atoms with van der Waals surface area (Å²) in [5, 5.41) is 6.11. The molecule has 5 heteroatoms. The summed E-state index contributed by atoms with van der Waals surface area (Å²) >= 11 is 0. The Kier molecular flexibility index (Phi) is 4.02. The molecule has 0 radical (unpaired) electrons. The number of hydrazone groups is 1. The molecule has 0 spiro atoms. The monoisotopic (exact) mass is 157 g/mol. The molecule has 0 aliphatic rings. The Morgan fingerprint density at radius 3 is 2.27 bits per heavy atom. The summed E-state index contributed by atoms with van der Waals surface area (Å²) in [6.45, 7) is 3.89. The topological polar surface area (TPSA) is 88.8 Å². The van der Waals surface area contributed by atoms with Crippen molar-refractivity contribution in [1.29, 1.82) is 0 Å². The molecule has 0 aliphatic heterocycles. The number of nitrogens with zero attached hydrogens (tertiary/aromatic N) is 2. The van der Waals surface area contributed by atoms with E-state index in [0.717, 1.165) is 0 Å². The third kappa shape index (κ3) is 3.44. The molecular weight excluding hydrogens is 142 g/mol. The van der Waals surface area contributed by atoms with Gasteiger partial charge in [-0.15, -0.1) is 0 Å². The summed E-state index contributed by atoms with van der Waals surface area (Å²) in [7, 11) is 1.72. The van der Waals surface area contributed by atoms with Crippen LogP contribution in [0.15, 0.2) is 10.1 Å². The maximum Gasteiger partial charge on any atom is 0.185 e. The Labute approximate surface area is 66.6 Å². The zero-order valence-electron chi connectivity index (χ0n) is 7.13. The number of rotatable bonds is 1. The van der Waals surface area contributed by atoms with Crippen LogP contribution in [0.5, 0.6) is 0 Å². The van der Waals surface area contributed by atoms with Crippen LogP contribution in [0.1, 0.15) is 13.8 Å². The minimum atomic E-state index is 0.178. The lowest BCUT2D eigenvalue weighted by Gasteiger charge is -2.05. The molecule has 0 rings (SSSR count). The van der Waals surface area contributed by atoms with Gasteiger partial charge in [-0.2, -0.15) is 5.10 Å². The molecule has 0 aromatic heterocycles. The van der Waals surface area contributed by atoms with Crippen LogP contribution in [0, 0.1) is 0 Å². The summed E-state index contributed by atoms with van der Waals surface area (Å²) in [6.07, 6.45) is 0. The molecule has 0 heterocycles. The first-order valence-corrected chi connectivity index (χ1v) is 3.41. The van der Waals surface area contributed by atoms with Gasteiger partial charge in [-0.3, -0.25) is 4.99 Å². The highest BCUT2D eigenvalue weighted by Gasteiger charge is 2.01. The Balaban J connectivity index is 4.40. The van der Waals surface area contributed by atoms with Crippen LogP contribution in [0.25, 0.3) is 0 Å². The molecule has 5 N–H and O–H groups in total. The largest absolute Gasteiger partial charge is 0.379 e.